The van der Waals surface area contributed by atoms with Gasteiger partial charge >= 0.3 is 0 Å². The Bertz CT molecular complexity index is 724. The molecule has 1 amide bonds. The molecule has 0 aromatic heterocycles. The van der Waals surface area contributed by atoms with E-state index in [9.17, 15) is 4.79 Å². The Morgan fingerprint density at radius 1 is 1.33 bits per heavy atom. The lowest BCUT2D eigenvalue weighted by Gasteiger charge is -2.18. The van der Waals surface area contributed by atoms with Gasteiger partial charge < -0.3 is 4.90 Å². The van der Waals surface area contributed by atoms with Crippen molar-refractivity contribution in [3.05, 3.63) is 68.7 Å². The van der Waals surface area contributed by atoms with Gasteiger partial charge in [0, 0.05) is 18.1 Å². The van der Waals surface area contributed by atoms with Gasteiger partial charge in [0.1, 0.15) is 0 Å². The number of halogens is 2. The molecular formula is C16H12BrClN2O. The van der Waals surface area contributed by atoms with Crippen LogP contribution in [0.4, 0.5) is 0 Å². The Morgan fingerprint density at radius 3 is 2.76 bits per heavy atom. The number of carbonyl (C=O) groups is 1. The minimum atomic E-state index is -0.163. The van der Waals surface area contributed by atoms with Gasteiger partial charge in [-0.1, -0.05) is 29.8 Å². The van der Waals surface area contributed by atoms with Crippen LogP contribution in [-0.2, 0) is 6.54 Å². The van der Waals surface area contributed by atoms with Gasteiger partial charge in [-0.2, -0.15) is 5.26 Å². The molecule has 3 nitrogen and oxygen atoms in total. The lowest BCUT2D eigenvalue weighted by atomic mass is 10.1. The monoisotopic (exact) mass is 362 g/mol. The first-order valence-corrected chi connectivity index (χ1v) is 7.38. The molecule has 21 heavy (non-hydrogen) atoms. The Hall–Kier alpha value is -1.83. The van der Waals surface area contributed by atoms with Crippen molar-refractivity contribution in [1.82, 2.24) is 4.90 Å². The molecule has 0 radical (unpaired) electrons. The third-order valence-corrected chi connectivity index (χ3v) is 4.30. The van der Waals surface area contributed by atoms with Crippen LogP contribution in [0.2, 0.25) is 5.02 Å². The minimum absolute atomic E-state index is 0.163. The van der Waals surface area contributed by atoms with E-state index >= 15 is 0 Å². The fraction of sp³-hybridized carbons (Fsp3) is 0.125. The summed E-state index contributed by atoms with van der Waals surface area (Å²) in [6.45, 7) is 0.414. The third kappa shape index (κ3) is 3.63. The molecule has 5 heteroatoms. The number of amides is 1. The van der Waals surface area contributed by atoms with Gasteiger partial charge in [0.05, 0.1) is 22.2 Å². The van der Waals surface area contributed by atoms with Crippen molar-refractivity contribution < 1.29 is 4.79 Å². The normalized spacial score (nSPS) is 10.0. The summed E-state index contributed by atoms with van der Waals surface area (Å²) in [6.07, 6.45) is 0. The smallest absolute Gasteiger partial charge is 0.255 e. The predicted octanol–water partition coefficient (Wildman–Crippen LogP) is 4.25. The zero-order valence-electron chi connectivity index (χ0n) is 11.3. The summed E-state index contributed by atoms with van der Waals surface area (Å²) < 4.78 is 0.690. The first-order chi connectivity index (χ1) is 10.0. The second-order valence-electron chi connectivity index (χ2n) is 4.57. The van der Waals surface area contributed by atoms with Crippen molar-refractivity contribution in [2.24, 2.45) is 0 Å². The molecule has 0 unspecified atom stereocenters. The summed E-state index contributed by atoms with van der Waals surface area (Å²) in [6, 6.07) is 14.5. The minimum Gasteiger partial charge on any atom is -0.337 e. The van der Waals surface area contributed by atoms with E-state index in [2.05, 4.69) is 22.0 Å². The van der Waals surface area contributed by atoms with Crippen LogP contribution in [0.5, 0.6) is 0 Å². The van der Waals surface area contributed by atoms with Crippen LogP contribution in [0.25, 0.3) is 0 Å². The van der Waals surface area contributed by atoms with Gasteiger partial charge in [0.2, 0.25) is 0 Å². The average Bonchev–Trinajstić information content (AvgIpc) is 2.49. The summed E-state index contributed by atoms with van der Waals surface area (Å²) in [5.41, 5.74) is 1.93. The highest BCUT2D eigenvalue weighted by Crippen LogP contribution is 2.27. The predicted molar refractivity (Wildman–Crippen MR) is 86.1 cm³/mol. The maximum Gasteiger partial charge on any atom is 0.255 e. The van der Waals surface area contributed by atoms with E-state index in [4.69, 9.17) is 16.9 Å². The average molecular weight is 364 g/mol. The molecule has 0 aliphatic carbocycles. The van der Waals surface area contributed by atoms with Crippen molar-refractivity contribution in [2.45, 2.75) is 6.54 Å². The van der Waals surface area contributed by atoms with Crippen molar-refractivity contribution in [3.8, 4) is 6.07 Å². The van der Waals surface area contributed by atoms with Crippen molar-refractivity contribution >= 4 is 33.4 Å². The largest absolute Gasteiger partial charge is 0.337 e. The van der Waals surface area contributed by atoms with E-state index in [1.165, 1.54) is 0 Å². The van der Waals surface area contributed by atoms with Crippen molar-refractivity contribution in [2.75, 3.05) is 7.05 Å². The molecule has 2 aromatic carbocycles. The fourth-order valence-corrected chi connectivity index (χ4v) is 2.53. The van der Waals surface area contributed by atoms with Gasteiger partial charge in [-0.05, 0) is 45.8 Å². The Balaban J connectivity index is 2.20. The standard InChI is InChI=1S/C16H12BrClN2O/c1-20(10-12-5-2-4-11(8-12)9-19)16(21)13-6-3-7-14(17)15(13)18/h2-8H,10H2,1H3. The Kier molecular flexibility index (Phi) is 5.00. The molecule has 2 aromatic rings. The molecule has 0 saturated heterocycles. The molecule has 0 heterocycles. The van der Waals surface area contributed by atoms with Crippen LogP contribution in [0, 0.1) is 11.3 Å². The van der Waals surface area contributed by atoms with Crippen LogP contribution < -0.4 is 0 Å². The molecule has 2 rings (SSSR count). The molecular weight excluding hydrogens is 352 g/mol. The molecule has 0 fully saturated rings. The fourth-order valence-electron chi connectivity index (χ4n) is 1.96. The van der Waals surface area contributed by atoms with Gasteiger partial charge in [-0.3, -0.25) is 4.79 Å². The zero-order valence-corrected chi connectivity index (χ0v) is 13.6. The maximum atomic E-state index is 12.4. The Labute approximate surface area is 136 Å². The maximum absolute atomic E-state index is 12.4. The van der Waals surface area contributed by atoms with Gasteiger partial charge in [0.15, 0.2) is 0 Å². The SMILES string of the molecule is CN(Cc1cccc(C#N)c1)C(=O)c1cccc(Br)c1Cl. The van der Waals surface area contributed by atoms with E-state index in [0.29, 0.717) is 27.2 Å². The highest BCUT2D eigenvalue weighted by atomic mass is 79.9. The second kappa shape index (κ2) is 6.75. The van der Waals surface area contributed by atoms with E-state index in [1.54, 1.807) is 48.3 Å². The van der Waals surface area contributed by atoms with E-state index < -0.39 is 0 Å². The van der Waals surface area contributed by atoms with Crippen LogP contribution in [0.1, 0.15) is 21.5 Å². The van der Waals surface area contributed by atoms with Crippen LogP contribution in [-0.4, -0.2) is 17.9 Å². The number of benzene rings is 2. The van der Waals surface area contributed by atoms with Crippen LogP contribution in [0.15, 0.2) is 46.9 Å². The molecule has 0 bridgehead atoms. The second-order valence-corrected chi connectivity index (χ2v) is 5.81. The van der Waals surface area contributed by atoms with Gasteiger partial charge in [-0.25, -0.2) is 0 Å². The number of nitriles is 1. The van der Waals surface area contributed by atoms with E-state index in [1.807, 2.05) is 6.07 Å². The first kappa shape index (κ1) is 15.6. The quantitative estimate of drug-likeness (QED) is 0.818. The summed E-state index contributed by atoms with van der Waals surface area (Å²) in [7, 11) is 1.71. The third-order valence-electron chi connectivity index (χ3n) is 3.00. The molecule has 0 spiro atoms. The molecule has 0 aliphatic heterocycles. The number of carbonyl (C=O) groups excluding carboxylic acids is 1. The lowest BCUT2D eigenvalue weighted by Crippen LogP contribution is -2.26. The zero-order chi connectivity index (χ0) is 15.4. The summed E-state index contributed by atoms with van der Waals surface area (Å²) >= 11 is 9.46. The summed E-state index contributed by atoms with van der Waals surface area (Å²) in [5.74, 6) is -0.163. The summed E-state index contributed by atoms with van der Waals surface area (Å²) in [5, 5.41) is 9.30. The van der Waals surface area contributed by atoms with Crippen molar-refractivity contribution in [3.63, 3.8) is 0 Å². The first-order valence-electron chi connectivity index (χ1n) is 6.21. The van der Waals surface area contributed by atoms with Gasteiger partial charge in [0.25, 0.3) is 5.91 Å². The number of rotatable bonds is 3. The number of hydrogen-bond donors (Lipinski definition) is 0. The Morgan fingerprint density at radius 2 is 2.05 bits per heavy atom. The van der Waals surface area contributed by atoms with Crippen LogP contribution in [0.3, 0.4) is 0 Å². The highest BCUT2D eigenvalue weighted by molar-refractivity contribution is 9.10. The lowest BCUT2D eigenvalue weighted by molar-refractivity contribution is 0.0785. The molecule has 0 saturated carbocycles. The van der Waals surface area contributed by atoms with Crippen LogP contribution >= 0.6 is 27.5 Å². The van der Waals surface area contributed by atoms with E-state index in [0.717, 1.165) is 5.56 Å². The molecule has 0 aliphatic rings. The number of hydrogen-bond acceptors (Lipinski definition) is 2. The van der Waals surface area contributed by atoms with Crippen molar-refractivity contribution in [1.29, 1.82) is 5.26 Å². The molecule has 106 valence electrons. The summed E-state index contributed by atoms with van der Waals surface area (Å²) in [4.78, 5) is 14.0. The number of nitrogens with zero attached hydrogens (tertiary/aromatic N) is 2. The molecule has 0 N–H and O–H groups in total. The molecule has 0 atom stereocenters. The van der Waals surface area contributed by atoms with E-state index in [-0.39, 0.29) is 5.91 Å². The highest BCUT2D eigenvalue weighted by Gasteiger charge is 2.16. The van der Waals surface area contributed by atoms with Gasteiger partial charge in [-0.15, -0.1) is 0 Å². The topological polar surface area (TPSA) is 44.1 Å².